The predicted molar refractivity (Wildman–Crippen MR) is 99.8 cm³/mol. The fraction of sp³-hybridized carbons (Fsp3) is 0.111. The van der Waals surface area contributed by atoms with E-state index in [0.29, 0.717) is 28.0 Å². The number of nitrogens with one attached hydrogen (secondary N) is 2. The number of rotatable bonds is 5. The summed E-state index contributed by atoms with van der Waals surface area (Å²) in [6, 6.07) is 12.7. The van der Waals surface area contributed by atoms with Gasteiger partial charge in [-0.3, -0.25) is 14.5 Å². The quantitative estimate of drug-likeness (QED) is 0.718. The first-order valence-electron chi connectivity index (χ1n) is 7.73. The van der Waals surface area contributed by atoms with E-state index in [2.05, 4.69) is 15.0 Å². The molecule has 0 aliphatic carbocycles. The van der Waals surface area contributed by atoms with Gasteiger partial charge < -0.3 is 10.1 Å². The number of fused-ring (bicyclic) bond motifs is 1. The molecule has 0 radical (unpaired) electrons. The van der Waals surface area contributed by atoms with Crippen LogP contribution in [0.25, 0.3) is 10.9 Å². The van der Waals surface area contributed by atoms with Crippen LogP contribution in [-0.2, 0) is 14.8 Å². The van der Waals surface area contributed by atoms with Gasteiger partial charge in [0.2, 0.25) is 5.91 Å². The number of amides is 1. The summed E-state index contributed by atoms with van der Waals surface area (Å²) < 4.78 is 33.2. The second kappa shape index (κ2) is 7.01. The number of nitrogens with zero attached hydrogens (tertiary/aromatic N) is 1. The lowest BCUT2D eigenvalue weighted by Crippen LogP contribution is -2.13. The molecule has 0 bridgehead atoms. The third-order valence-corrected chi connectivity index (χ3v) is 5.06. The van der Waals surface area contributed by atoms with Crippen molar-refractivity contribution >= 4 is 38.2 Å². The number of pyridine rings is 1. The first-order chi connectivity index (χ1) is 12.4. The van der Waals surface area contributed by atoms with Crippen LogP contribution in [0.1, 0.15) is 6.92 Å². The number of sulfonamides is 1. The highest BCUT2D eigenvalue weighted by Crippen LogP contribution is 2.31. The predicted octanol–water partition coefficient (Wildman–Crippen LogP) is 3.00. The Morgan fingerprint density at radius 1 is 1.08 bits per heavy atom. The van der Waals surface area contributed by atoms with E-state index < -0.39 is 10.0 Å². The number of hydrogen-bond acceptors (Lipinski definition) is 5. The van der Waals surface area contributed by atoms with Crippen molar-refractivity contribution in [3.8, 4) is 5.75 Å². The fourth-order valence-corrected chi connectivity index (χ4v) is 3.60. The van der Waals surface area contributed by atoms with E-state index >= 15 is 0 Å². The lowest BCUT2D eigenvalue weighted by Gasteiger charge is -2.12. The average molecular weight is 371 g/mol. The molecule has 2 aromatic carbocycles. The minimum absolute atomic E-state index is 0.0828. The molecule has 8 heteroatoms. The van der Waals surface area contributed by atoms with Crippen molar-refractivity contribution < 1.29 is 17.9 Å². The van der Waals surface area contributed by atoms with E-state index in [1.54, 1.807) is 30.5 Å². The van der Waals surface area contributed by atoms with Crippen LogP contribution in [0.4, 0.5) is 11.4 Å². The van der Waals surface area contributed by atoms with Crippen LogP contribution in [0, 0.1) is 0 Å². The third kappa shape index (κ3) is 3.60. The van der Waals surface area contributed by atoms with E-state index in [4.69, 9.17) is 4.74 Å². The highest BCUT2D eigenvalue weighted by atomic mass is 32.2. The molecule has 0 aliphatic rings. The van der Waals surface area contributed by atoms with Crippen molar-refractivity contribution in [1.82, 2.24) is 4.98 Å². The Morgan fingerprint density at radius 3 is 2.46 bits per heavy atom. The minimum Gasteiger partial charge on any atom is -0.494 e. The molecule has 0 atom stereocenters. The van der Waals surface area contributed by atoms with Crippen LogP contribution < -0.4 is 14.8 Å². The summed E-state index contributed by atoms with van der Waals surface area (Å²) in [4.78, 5) is 15.4. The second-order valence-electron chi connectivity index (χ2n) is 5.53. The van der Waals surface area contributed by atoms with Gasteiger partial charge in [-0.05, 0) is 48.5 Å². The van der Waals surface area contributed by atoms with E-state index in [-0.39, 0.29) is 10.8 Å². The topological polar surface area (TPSA) is 97.4 Å². The van der Waals surface area contributed by atoms with Gasteiger partial charge in [-0.1, -0.05) is 0 Å². The summed E-state index contributed by atoms with van der Waals surface area (Å²) in [7, 11) is -2.27. The molecule has 0 aliphatic heterocycles. The van der Waals surface area contributed by atoms with Crippen LogP contribution >= 0.6 is 0 Å². The van der Waals surface area contributed by atoms with Gasteiger partial charge in [-0.15, -0.1) is 0 Å². The molecule has 0 spiro atoms. The molecule has 0 unspecified atom stereocenters. The molecule has 134 valence electrons. The number of carbonyl (C=O) groups excluding carboxylic acids is 1. The zero-order valence-electron chi connectivity index (χ0n) is 14.2. The first kappa shape index (κ1) is 17.7. The molecule has 7 nitrogen and oxygen atoms in total. The van der Waals surface area contributed by atoms with E-state index in [9.17, 15) is 13.2 Å². The molecular weight excluding hydrogens is 354 g/mol. The first-order valence-corrected chi connectivity index (χ1v) is 9.21. The summed E-state index contributed by atoms with van der Waals surface area (Å²) >= 11 is 0. The van der Waals surface area contributed by atoms with Crippen LogP contribution in [0.2, 0.25) is 0 Å². The Bertz CT molecular complexity index is 1060. The Kier molecular flexibility index (Phi) is 4.77. The highest BCUT2D eigenvalue weighted by Gasteiger charge is 2.17. The molecule has 0 fully saturated rings. The van der Waals surface area contributed by atoms with Crippen LogP contribution in [0.15, 0.2) is 59.6 Å². The van der Waals surface area contributed by atoms with Crippen molar-refractivity contribution in [3.05, 3.63) is 54.7 Å². The van der Waals surface area contributed by atoms with Crippen molar-refractivity contribution in [2.75, 3.05) is 17.1 Å². The molecule has 2 N–H and O–H groups in total. The average Bonchev–Trinajstić information content (AvgIpc) is 2.62. The van der Waals surface area contributed by atoms with Gasteiger partial charge in [0.1, 0.15) is 11.3 Å². The Hall–Kier alpha value is -3.13. The molecule has 0 saturated carbocycles. The molecule has 1 amide bonds. The molecular formula is C18H17N3O4S. The minimum atomic E-state index is -3.80. The van der Waals surface area contributed by atoms with E-state index in [1.165, 1.54) is 38.3 Å². The SMILES string of the molecule is COc1ccc(NS(=O)(=O)c2ccc(NC(C)=O)cc2)c2cccnc12. The van der Waals surface area contributed by atoms with Crippen LogP contribution in [0.3, 0.4) is 0 Å². The maximum atomic E-state index is 12.7. The van der Waals surface area contributed by atoms with Gasteiger partial charge in [-0.25, -0.2) is 8.42 Å². The second-order valence-corrected chi connectivity index (χ2v) is 7.21. The van der Waals surface area contributed by atoms with Gasteiger partial charge in [0.05, 0.1) is 17.7 Å². The number of anilines is 2. The largest absolute Gasteiger partial charge is 0.494 e. The van der Waals surface area contributed by atoms with Gasteiger partial charge in [-0.2, -0.15) is 0 Å². The summed E-state index contributed by atoms with van der Waals surface area (Å²) in [6.07, 6.45) is 1.61. The number of ether oxygens (including phenoxy) is 1. The van der Waals surface area contributed by atoms with Crippen LogP contribution in [0.5, 0.6) is 5.75 Å². The smallest absolute Gasteiger partial charge is 0.261 e. The summed E-state index contributed by atoms with van der Waals surface area (Å²) in [5.74, 6) is 0.333. The van der Waals surface area contributed by atoms with Crippen molar-refractivity contribution in [1.29, 1.82) is 0 Å². The lowest BCUT2D eigenvalue weighted by molar-refractivity contribution is -0.114. The maximum absolute atomic E-state index is 12.7. The summed E-state index contributed by atoms with van der Waals surface area (Å²) in [5, 5.41) is 3.22. The highest BCUT2D eigenvalue weighted by molar-refractivity contribution is 7.92. The molecule has 26 heavy (non-hydrogen) atoms. The summed E-state index contributed by atoms with van der Waals surface area (Å²) in [5.41, 5.74) is 1.49. The monoisotopic (exact) mass is 371 g/mol. The molecule has 3 aromatic rings. The fourth-order valence-electron chi connectivity index (χ4n) is 2.52. The van der Waals surface area contributed by atoms with Gasteiger partial charge in [0.25, 0.3) is 10.0 Å². The molecule has 0 saturated heterocycles. The Balaban J connectivity index is 1.95. The van der Waals surface area contributed by atoms with Gasteiger partial charge in [0, 0.05) is 24.2 Å². The van der Waals surface area contributed by atoms with Gasteiger partial charge >= 0.3 is 0 Å². The lowest BCUT2D eigenvalue weighted by atomic mass is 10.2. The van der Waals surface area contributed by atoms with Crippen molar-refractivity contribution in [2.24, 2.45) is 0 Å². The number of carbonyl (C=O) groups is 1. The van der Waals surface area contributed by atoms with Crippen molar-refractivity contribution in [3.63, 3.8) is 0 Å². The van der Waals surface area contributed by atoms with E-state index in [0.717, 1.165) is 0 Å². The van der Waals surface area contributed by atoms with Crippen molar-refractivity contribution in [2.45, 2.75) is 11.8 Å². The Labute approximate surface area is 151 Å². The number of benzene rings is 2. The standard InChI is InChI=1S/C18H17N3O4S/c1-12(22)20-13-5-7-14(8-6-13)26(23,24)21-16-9-10-17(25-2)18-15(16)4-3-11-19-18/h3-11,21H,1-2H3,(H,20,22). The molecule has 1 aromatic heterocycles. The molecule has 1 heterocycles. The number of hydrogen-bond donors (Lipinski definition) is 2. The molecule has 3 rings (SSSR count). The maximum Gasteiger partial charge on any atom is 0.261 e. The zero-order valence-corrected chi connectivity index (χ0v) is 15.0. The zero-order chi connectivity index (χ0) is 18.7. The summed E-state index contributed by atoms with van der Waals surface area (Å²) in [6.45, 7) is 1.38. The Morgan fingerprint density at radius 2 is 1.81 bits per heavy atom. The third-order valence-electron chi connectivity index (χ3n) is 3.68. The van der Waals surface area contributed by atoms with Gasteiger partial charge in [0.15, 0.2) is 0 Å². The number of aromatic nitrogens is 1. The number of methoxy groups -OCH3 is 1. The van der Waals surface area contributed by atoms with Crippen LogP contribution in [-0.4, -0.2) is 26.4 Å². The normalized spacial score (nSPS) is 11.2. The van der Waals surface area contributed by atoms with E-state index in [1.807, 2.05) is 0 Å².